The summed E-state index contributed by atoms with van der Waals surface area (Å²) in [6, 6.07) is 6.09. The van der Waals surface area contributed by atoms with Crippen LogP contribution in [0.5, 0.6) is 11.5 Å². The van der Waals surface area contributed by atoms with Gasteiger partial charge in [-0.1, -0.05) is 6.07 Å². The molecule has 0 bridgehead atoms. The zero-order valence-electron chi connectivity index (χ0n) is 12.2. The molecule has 0 aliphatic carbocycles. The first-order valence-corrected chi connectivity index (χ1v) is 7.14. The highest BCUT2D eigenvalue weighted by Crippen LogP contribution is 2.32. The van der Waals surface area contributed by atoms with E-state index in [0.717, 1.165) is 44.2 Å². The summed E-state index contributed by atoms with van der Waals surface area (Å²) in [5, 5.41) is 0. The molecule has 1 fully saturated rings. The molecule has 2 aliphatic heterocycles. The van der Waals surface area contributed by atoms with Crippen molar-refractivity contribution in [1.29, 1.82) is 0 Å². The molecular formula is C15H20N2O4. The van der Waals surface area contributed by atoms with Gasteiger partial charge in [-0.3, -0.25) is 14.6 Å². The number of piperazine rings is 1. The topological polar surface area (TPSA) is 51.2 Å². The third-order valence-electron chi connectivity index (χ3n) is 3.89. The fraction of sp³-hybridized carbons (Fsp3) is 0.533. The van der Waals surface area contributed by atoms with E-state index in [2.05, 4.69) is 15.9 Å². The van der Waals surface area contributed by atoms with Crippen molar-refractivity contribution in [2.75, 3.05) is 46.6 Å². The van der Waals surface area contributed by atoms with Gasteiger partial charge in [-0.05, 0) is 17.7 Å². The smallest absolute Gasteiger partial charge is 0.319 e. The maximum absolute atomic E-state index is 11.3. The van der Waals surface area contributed by atoms with E-state index < -0.39 is 0 Å². The number of hydrogen-bond acceptors (Lipinski definition) is 6. The number of nitrogens with zero attached hydrogens (tertiary/aromatic N) is 2. The van der Waals surface area contributed by atoms with E-state index >= 15 is 0 Å². The summed E-state index contributed by atoms with van der Waals surface area (Å²) in [6.07, 6.45) is 0. The Hall–Kier alpha value is -1.79. The van der Waals surface area contributed by atoms with Crippen molar-refractivity contribution >= 4 is 5.97 Å². The maximum Gasteiger partial charge on any atom is 0.319 e. The van der Waals surface area contributed by atoms with Crippen LogP contribution in [0.4, 0.5) is 0 Å². The molecule has 0 spiro atoms. The molecule has 0 atom stereocenters. The monoisotopic (exact) mass is 292 g/mol. The predicted molar refractivity (Wildman–Crippen MR) is 76.3 cm³/mol. The Balaban J connectivity index is 1.50. The number of methoxy groups -OCH3 is 1. The van der Waals surface area contributed by atoms with E-state index in [0.29, 0.717) is 13.3 Å². The molecule has 0 radical (unpaired) electrons. The number of ether oxygens (including phenoxy) is 3. The van der Waals surface area contributed by atoms with Crippen LogP contribution < -0.4 is 9.47 Å². The average molecular weight is 292 g/mol. The van der Waals surface area contributed by atoms with E-state index in [1.807, 2.05) is 12.1 Å². The standard InChI is InChI=1S/C15H20N2O4/c1-19-15(18)10-17-6-4-16(5-7-17)9-12-2-3-13-14(8-12)21-11-20-13/h2-3,8H,4-7,9-11H2,1H3. The molecule has 1 aromatic carbocycles. The molecule has 6 nitrogen and oxygen atoms in total. The zero-order valence-corrected chi connectivity index (χ0v) is 12.2. The van der Waals surface area contributed by atoms with Gasteiger partial charge in [0, 0.05) is 32.7 Å². The van der Waals surface area contributed by atoms with Gasteiger partial charge >= 0.3 is 5.97 Å². The number of carbonyl (C=O) groups excluding carboxylic acids is 1. The lowest BCUT2D eigenvalue weighted by atomic mass is 10.1. The summed E-state index contributed by atoms with van der Waals surface area (Å²) in [5.74, 6) is 1.48. The summed E-state index contributed by atoms with van der Waals surface area (Å²) < 4.78 is 15.4. The van der Waals surface area contributed by atoms with Crippen molar-refractivity contribution in [3.05, 3.63) is 23.8 Å². The van der Waals surface area contributed by atoms with Crippen LogP contribution in [0.1, 0.15) is 5.56 Å². The molecule has 0 saturated carbocycles. The molecule has 0 unspecified atom stereocenters. The summed E-state index contributed by atoms with van der Waals surface area (Å²) in [5.41, 5.74) is 1.22. The van der Waals surface area contributed by atoms with Crippen LogP contribution in [0, 0.1) is 0 Å². The highest BCUT2D eigenvalue weighted by molar-refractivity contribution is 5.71. The number of carbonyl (C=O) groups is 1. The average Bonchev–Trinajstić information content (AvgIpc) is 2.96. The highest BCUT2D eigenvalue weighted by atomic mass is 16.7. The van der Waals surface area contributed by atoms with Crippen LogP contribution in [0.25, 0.3) is 0 Å². The SMILES string of the molecule is COC(=O)CN1CCN(Cc2ccc3c(c2)OCO3)CC1. The van der Waals surface area contributed by atoms with Gasteiger partial charge in [-0.2, -0.15) is 0 Å². The molecule has 6 heteroatoms. The van der Waals surface area contributed by atoms with Crippen LogP contribution >= 0.6 is 0 Å². The van der Waals surface area contributed by atoms with Crippen molar-refractivity contribution < 1.29 is 19.0 Å². The van der Waals surface area contributed by atoms with Gasteiger partial charge in [0.15, 0.2) is 11.5 Å². The first-order chi connectivity index (χ1) is 10.2. The number of rotatable bonds is 4. The van der Waals surface area contributed by atoms with Crippen LogP contribution in [0.15, 0.2) is 18.2 Å². The number of hydrogen-bond donors (Lipinski definition) is 0. The number of esters is 1. The minimum Gasteiger partial charge on any atom is -0.468 e. The van der Waals surface area contributed by atoms with Crippen molar-refractivity contribution in [3.63, 3.8) is 0 Å². The molecule has 21 heavy (non-hydrogen) atoms. The van der Waals surface area contributed by atoms with Gasteiger partial charge in [0.1, 0.15) is 0 Å². The second-order valence-electron chi connectivity index (χ2n) is 5.32. The van der Waals surface area contributed by atoms with Crippen molar-refractivity contribution in [2.24, 2.45) is 0 Å². The van der Waals surface area contributed by atoms with E-state index in [1.54, 1.807) is 0 Å². The fourth-order valence-corrected chi connectivity index (χ4v) is 2.65. The van der Waals surface area contributed by atoms with Gasteiger partial charge in [-0.15, -0.1) is 0 Å². The normalized spacial score (nSPS) is 18.7. The zero-order chi connectivity index (χ0) is 14.7. The van der Waals surface area contributed by atoms with Gasteiger partial charge in [0.2, 0.25) is 6.79 Å². The minimum absolute atomic E-state index is 0.167. The third-order valence-corrected chi connectivity index (χ3v) is 3.89. The first kappa shape index (κ1) is 14.2. The first-order valence-electron chi connectivity index (χ1n) is 7.14. The Morgan fingerprint density at radius 3 is 2.62 bits per heavy atom. The van der Waals surface area contributed by atoms with Gasteiger partial charge in [-0.25, -0.2) is 0 Å². The highest BCUT2D eigenvalue weighted by Gasteiger charge is 2.20. The molecule has 1 saturated heterocycles. The molecule has 1 aromatic rings. The van der Waals surface area contributed by atoms with E-state index in [4.69, 9.17) is 14.2 Å². The second-order valence-corrected chi connectivity index (χ2v) is 5.32. The Morgan fingerprint density at radius 1 is 1.14 bits per heavy atom. The lowest BCUT2D eigenvalue weighted by molar-refractivity contribution is -0.142. The third kappa shape index (κ3) is 3.46. The molecule has 3 rings (SSSR count). The van der Waals surface area contributed by atoms with Crippen molar-refractivity contribution in [2.45, 2.75) is 6.54 Å². The fourth-order valence-electron chi connectivity index (χ4n) is 2.65. The molecule has 2 aliphatic rings. The van der Waals surface area contributed by atoms with Crippen LogP contribution in [0.3, 0.4) is 0 Å². The molecular weight excluding hydrogens is 272 g/mol. The Labute approximate surface area is 124 Å². The quantitative estimate of drug-likeness (QED) is 0.762. The van der Waals surface area contributed by atoms with Crippen LogP contribution in [-0.2, 0) is 16.1 Å². The van der Waals surface area contributed by atoms with Gasteiger partial charge < -0.3 is 14.2 Å². The summed E-state index contributed by atoms with van der Waals surface area (Å²) in [7, 11) is 1.43. The van der Waals surface area contributed by atoms with Gasteiger partial charge in [0.25, 0.3) is 0 Å². The van der Waals surface area contributed by atoms with Crippen molar-refractivity contribution in [3.8, 4) is 11.5 Å². The van der Waals surface area contributed by atoms with Crippen molar-refractivity contribution in [1.82, 2.24) is 9.80 Å². The summed E-state index contributed by atoms with van der Waals surface area (Å²) in [6.45, 7) is 5.26. The molecule has 114 valence electrons. The lowest BCUT2D eigenvalue weighted by Crippen LogP contribution is -2.47. The summed E-state index contributed by atoms with van der Waals surface area (Å²) in [4.78, 5) is 15.8. The Kier molecular flexibility index (Phi) is 4.26. The predicted octanol–water partition coefficient (Wildman–Crippen LogP) is 0.706. The molecule has 0 aromatic heterocycles. The Bertz CT molecular complexity index is 512. The van der Waals surface area contributed by atoms with Crippen LogP contribution in [0.2, 0.25) is 0 Å². The molecule has 0 N–H and O–H groups in total. The minimum atomic E-state index is -0.167. The van der Waals surface area contributed by atoms with Gasteiger partial charge in [0.05, 0.1) is 13.7 Å². The maximum atomic E-state index is 11.3. The second kappa shape index (κ2) is 6.32. The summed E-state index contributed by atoms with van der Waals surface area (Å²) >= 11 is 0. The number of fused-ring (bicyclic) bond motifs is 1. The molecule has 0 amide bonds. The van der Waals surface area contributed by atoms with E-state index in [1.165, 1.54) is 12.7 Å². The Morgan fingerprint density at radius 2 is 1.86 bits per heavy atom. The van der Waals surface area contributed by atoms with E-state index in [-0.39, 0.29) is 5.97 Å². The van der Waals surface area contributed by atoms with E-state index in [9.17, 15) is 4.79 Å². The largest absolute Gasteiger partial charge is 0.468 e. The van der Waals surface area contributed by atoms with Crippen LogP contribution in [-0.4, -0.2) is 62.4 Å². The number of benzene rings is 1. The lowest BCUT2D eigenvalue weighted by Gasteiger charge is -2.34. The molecule has 2 heterocycles.